The molecule has 0 aliphatic carbocycles. The monoisotopic (exact) mass is 383 g/mol. The maximum Gasteiger partial charge on any atom is 0.284 e. The number of aromatic nitrogens is 3. The van der Waals surface area contributed by atoms with Crippen LogP contribution in [-0.4, -0.2) is 44.9 Å². The predicted molar refractivity (Wildman–Crippen MR) is 98.9 cm³/mol. The molecule has 1 aliphatic heterocycles. The van der Waals surface area contributed by atoms with Crippen molar-refractivity contribution < 1.29 is 14.1 Å². The minimum Gasteiger partial charge on any atom is -0.361 e. The highest BCUT2D eigenvalue weighted by Gasteiger charge is 2.25. The lowest BCUT2D eigenvalue weighted by Gasteiger charge is -2.18. The molecule has 1 aliphatic rings. The number of pyridine rings is 1. The van der Waals surface area contributed by atoms with Crippen LogP contribution in [0.2, 0.25) is 0 Å². The van der Waals surface area contributed by atoms with Gasteiger partial charge in [0.2, 0.25) is 0 Å². The summed E-state index contributed by atoms with van der Waals surface area (Å²) in [6, 6.07) is 5.10. The minimum absolute atomic E-state index is 0.141. The number of fused-ring (bicyclic) bond motifs is 1. The molecule has 0 unspecified atom stereocenters. The van der Waals surface area contributed by atoms with Crippen LogP contribution in [-0.2, 0) is 12.8 Å². The van der Waals surface area contributed by atoms with Crippen LogP contribution in [0, 0.1) is 6.92 Å². The van der Waals surface area contributed by atoms with Gasteiger partial charge in [-0.2, -0.15) is 0 Å². The Kier molecular flexibility index (Phi) is 4.68. The van der Waals surface area contributed by atoms with Gasteiger partial charge in [-0.1, -0.05) is 5.16 Å². The molecule has 9 heteroatoms. The second kappa shape index (κ2) is 7.28. The number of amides is 2. The number of rotatable bonds is 3. The maximum atomic E-state index is 12.5. The Bertz CT molecular complexity index is 957. The van der Waals surface area contributed by atoms with Crippen LogP contribution in [0.15, 0.2) is 35.1 Å². The van der Waals surface area contributed by atoms with Crippen molar-refractivity contribution >= 4 is 28.8 Å². The first-order chi connectivity index (χ1) is 13.1. The number of carbonyl (C=O) groups is 2. The van der Waals surface area contributed by atoms with Crippen molar-refractivity contribution in [2.24, 2.45) is 0 Å². The minimum atomic E-state index is -0.231. The summed E-state index contributed by atoms with van der Waals surface area (Å²) < 4.78 is 4.99. The standard InChI is InChI=1S/C18H17N5O3S/c1-11-10-14(22-26-11)18(25)23-8-4-13-15(5-9-23)27-17(21-13)16(24)20-12-2-6-19-7-3-12/h2-3,6-7,10H,4-5,8-9H2,1H3,(H,19,20,24). The smallest absolute Gasteiger partial charge is 0.284 e. The van der Waals surface area contributed by atoms with Gasteiger partial charge < -0.3 is 14.7 Å². The number of nitrogens with one attached hydrogen (secondary N) is 1. The molecule has 0 radical (unpaired) electrons. The van der Waals surface area contributed by atoms with Gasteiger partial charge in [-0.3, -0.25) is 14.6 Å². The largest absolute Gasteiger partial charge is 0.361 e. The quantitative estimate of drug-likeness (QED) is 0.745. The molecule has 0 saturated heterocycles. The highest BCUT2D eigenvalue weighted by atomic mass is 32.1. The van der Waals surface area contributed by atoms with E-state index in [0.717, 1.165) is 10.6 Å². The normalized spacial score (nSPS) is 13.7. The van der Waals surface area contributed by atoms with Crippen molar-refractivity contribution in [3.8, 4) is 0 Å². The predicted octanol–water partition coefficient (Wildman–Crippen LogP) is 2.33. The molecule has 0 spiro atoms. The lowest BCUT2D eigenvalue weighted by Crippen LogP contribution is -2.33. The van der Waals surface area contributed by atoms with E-state index in [4.69, 9.17) is 4.52 Å². The zero-order chi connectivity index (χ0) is 18.8. The molecule has 0 aromatic carbocycles. The number of anilines is 1. The van der Waals surface area contributed by atoms with Gasteiger partial charge in [0, 0.05) is 55.0 Å². The Morgan fingerprint density at radius 2 is 2.00 bits per heavy atom. The summed E-state index contributed by atoms with van der Waals surface area (Å²) in [5.41, 5.74) is 1.88. The van der Waals surface area contributed by atoms with Gasteiger partial charge in [0.15, 0.2) is 10.7 Å². The van der Waals surface area contributed by atoms with Gasteiger partial charge in [0.05, 0.1) is 5.69 Å². The van der Waals surface area contributed by atoms with Gasteiger partial charge in [-0.25, -0.2) is 4.98 Å². The summed E-state index contributed by atoms with van der Waals surface area (Å²) in [6.45, 7) is 2.85. The van der Waals surface area contributed by atoms with Crippen LogP contribution in [0.3, 0.4) is 0 Å². The van der Waals surface area contributed by atoms with E-state index in [2.05, 4.69) is 20.4 Å². The zero-order valence-corrected chi connectivity index (χ0v) is 15.5. The fourth-order valence-corrected chi connectivity index (χ4v) is 3.90. The third-order valence-electron chi connectivity index (χ3n) is 4.27. The van der Waals surface area contributed by atoms with Crippen LogP contribution >= 0.6 is 11.3 Å². The Balaban J connectivity index is 1.43. The number of carbonyl (C=O) groups excluding carboxylic acids is 2. The van der Waals surface area contributed by atoms with Gasteiger partial charge >= 0.3 is 0 Å². The first kappa shape index (κ1) is 17.3. The molecule has 8 nitrogen and oxygen atoms in total. The van der Waals surface area contributed by atoms with Crippen molar-refractivity contribution in [2.75, 3.05) is 18.4 Å². The number of thiazole rings is 1. The van der Waals surface area contributed by atoms with E-state index >= 15 is 0 Å². The van der Waals surface area contributed by atoms with Gasteiger partial charge in [-0.15, -0.1) is 11.3 Å². The van der Waals surface area contributed by atoms with E-state index < -0.39 is 0 Å². The third-order valence-corrected chi connectivity index (χ3v) is 5.43. The van der Waals surface area contributed by atoms with Crippen molar-refractivity contribution in [3.05, 3.63) is 57.6 Å². The van der Waals surface area contributed by atoms with E-state index in [1.54, 1.807) is 42.4 Å². The summed E-state index contributed by atoms with van der Waals surface area (Å²) in [5.74, 6) is 0.238. The van der Waals surface area contributed by atoms with Crippen LogP contribution in [0.1, 0.15) is 36.6 Å². The van der Waals surface area contributed by atoms with Crippen LogP contribution in [0.5, 0.6) is 0 Å². The molecule has 2 amide bonds. The average Bonchev–Trinajstić information content (AvgIpc) is 3.24. The van der Waals surface area contributed by atoms with E-state index in [0.29, 0.717) is 48.1 Å². The lowest BCUT2D eigenvalue weighted by molar-refractivity contribution is 0.0752. The molecule has 3 aromatic rings. The molecule has 138 valence electrons. The Hall–Kier alpha value is -3.07. The highest BCUT2D eigenvalue weighted by molar-refractivity contribution is 7.13. The second-order valence-electron chi connectivity index (χ2n) is 6.19. The maximum absolute atomic E-state index is 12.5. The fraction of sp³-hybridized carbons (Fsp3) is 0.278. The van der Waals surface area contributed by atoms with Gasteiger partial charge in [-0.05, 0) is 19.1 Å². The summed E-state index contributed by atoms with van der Waals surface area (Å²) in [7, 11) is 0. The molecular formula is C18H17N5O3S. The Morgan fingerprint density at radius 1 is 1.22 bits per heavy atom. The molecule has 0 bridgehead atoms. The SMILES string of the molecule is Cc1cc(C(=O)N2CCc3nc(C(=O)Nc4ccncc4)sc3CC2)no1. The molecular weight excluding hydrogens is 366 g/mol. The number of nitrogens with zero attached hydrogens (tertiary/aromatic N) is 4. The lowest BCUT2D eigenvalue weighted by atomic mass is 10.2. The van der Waals surface area contributed by atoms with Crippen molar-refractivity contribution in [1.82, 2.24) is 20.0 Å². The zero-order valence-electron chi connectivity index (χ0n) is 14.6. The molecule has 4 rings (SSSR count). The van der Waals surface area contributed by atoms with E-state index in [9.17, 15) is 9.59 Å². The average molecular weight is 383 g/mol. The molecule has 0 fully saturated rings. The van der Waals surface area contributed by atoms with Gasteiger partial charge in [0.25, 0.3) is 11.8 Å². The summed E-state index contributed by atoms with van der Waals surface area (Å²) in [5, 5.41) is 7.05. The fourth-order valence-electron chi connectivity index (χ4n) is 2.91. The van der Waals surface area contributed by atoms with E-state index in [-0.39, 0.29) is 11.8 Å². The molecule has 1 N–H and O–H groups in total. The summed E-state index contributed by atoms with van der Waals surface area (Å²) in [6.07, 6.45) is 4.51. The summed E-state index contributed by atoms with van der Waals surface area (Å²) in [4.78, 5) is 36.2. The molecule has 0 atom stereocenters. The van der Waals surface area contributed by atoms with Crippen LogP contribution < -0.4 is 5.32 Å². The summed E-state index contributed by atoms with van der Waals surface area (Å²) >= 11 is 1.38. The van der Waals surface area contributed by atoms with Crippen LogP contribution in [0.25, 0.3) is 0 Å². The van der Waals surface area contributed by atoms with Crippen molar-refractivity contribution in [2.45, 2.75) is 19.8 Å². The van der Waals surface area contributed by atoms with E-state index in [1.807, 2.05) is 0 Å². The second-order valence-corrected chi connectivity index (χ2v) is 7.28. The topological polar surface area (TPSA) is 101 Å². The highest BCUT2D eigenvalue weighted by Crippen LogP contribution is 2.24. The van der Waals surface area contributed by atoms with E-state index in [1.165, 1.54) is 11.3 Å². The van der Waals surface area contributed by atoms with Gasteiger partial charge in [0.1, 0.15) is 5.76 Å². The first-order valence-corrected chi connectivity index (χ1v) is 9.34. The third kappa shape index (κ3) is 3.72. The number of hydrogen-bond acceptors (Lipinski definition) is 7. The molecule has 0 saturated carbocycles. The Labute approximate surface area is 159 Å². The molecule has 27 heavy (non-hydrogen) atoms. The molecule has 4 heterocycles. The van der Waals surface area contributed by atoms with Crippen molar-refractivity contribution in [1.29, 1.82) is 0 Å². The van der Waals surface area contributed by atoms with Crippen LogP contribution in [0.4, 0.5) is 5.69 Å². The first-order valence-electron chi connectivity index (χ1n) is 8.52. The number of aryl methyl sites for hydroxylation is 1. The Morgan fingerprint density at radius 3 is 2.74 bits per heavy atom. The molecule has 3 aromatic heterocycles. The number of hydrogen-bond donors (Lipinski definition) is 1. The van der Waals surface area contributed by atoms with Crippen molar-refractivity contribution in [3.63, 3.8) is 0 Å².